The summed E-state index contributed by atoms with van der Waals surface area (Å²) in [6.07, 6.45) is 1.41. The summed E-state index contributed by atoms with van der Waals surface area (Å²) in [5.41, 5.74) is 0. The third-order valence-electron chi connectivity index (χ3n) is 9.66. The van der Waals surface area contributed by atoms with Gasteiger partial charge in [0.15, 0.2) is 5.78 Å². The van der Waals surface area contributed by atoms with Gasteiger partial charge in [0, 0.05) is 84.3 Å². The molecular formula is C34H59BN6O13. The Hall–Kier alpha value is -3.53. The number of aliphatic carboxylic acids is 3. The molecule has 0 saturated carbocycles. The molecule has 2 heterocycles. The van der Waals surface area contributed by atoms with Crippen molar-refractivity contribution in [1.82, 2.24) is 29.8 Å². The number of ether oxygens (including phenoxy) is 1. The summed E-state index contributed by atoms with van der Waals surface area (Å²) in [6.45, 7) is 6.86. The van der Waals surface area contributed by atoms with E-state index in [1.807, 2.05) is 4.90 Å². The minimum atomic E-state index is -1.68. The summed E-state index contributed by atoms with van der Waals surface area (Å²) in [6, 6.07) is -0.924. The van der Waals surface area contributed by atoms with Crippen LogP contribution in [0.1, 0.15) is 52.9 Å². The van der Waals surface area contributed by atoms with E-state index in [4.69, 9.17) is 4.74 Å². The van der Waals surface area contributed by atoms with E-state index in [1.54, 1.807) is 28.5 Å². The van der Waals surface area contributed by atoms with Crippen LogP contribution in [0.4, 0.5) is 0 Å². The molecule has 0 aromatic rings. The Morgan fingerprint density at radius 1 is 0.704 bits per heavy atom. The molecule has 6 N–H and O–H groups in total. The summed E-state index contributed by atoms with van der Waals surface area (Å²) in [5, 5.41) is 50.0. The fourth-order valence-electron chi connectivity index (χ4n) is 6.61. The van der Waals surface area contributed by atoms with Gasteiger partial charge in [0.1, 0.15) is 18.4 Å². The lowest BCUT2D eigenvalue weighted by molar-refractivity contribution is -0.140. The lowest BCUT2D eigenvalue weighted by atomic mass is 9.78. The van der Waals surface area contributed by atoms with Crippen LogP contribution in [0.25, 0.3) is 0 Å². The molecular weight excluding hydrogens is 711 g/mol. The van der Waals surface area contributed by atoms with E-state index < -0.39 is 54.7 Å². The number of carbonyl (C=O) groups is 7. The van der Waals surface area contributed by atoms with E-state index in [-0.39, 0.29) is 95.9 Å². The van der Waals surface area contributed by atoms with Gasteiger partial charge in [-0.3, -0.25) is 53.2 Å². The monoisotopic (exact) mass is 770 g/mol. The summed E-state index contributed by atoms with van der Waals surface area (Å²) in [4.78, 5) is 94.3. The third kappa shape index (κ3) is 17.7. The number of carbonyl (C=O) groups excluding carboxylic acids is 4. The van der Waals surface area contributed by atoms with Crippen molar-refractivity contribution in [3.63, 3.8) is 0 Å². The van der Waals surface area contributed by atoms with E-state index in [1.165, 1.54) is 11.8 Å². The highest BCUT2D eigenvalue weighted by molar-refractivity contribution is 6.43. The van der Waals surface area contributed by atoms with Crippen molar-refractivity contribution in [3.8, 4) is 0 Å². The highest BCUT2D eigenvalue weighted by Gasteiger charge is 2.39. The molecule has 0 aromatic heterocycles. The van der Waals surface area contributed by atoms with Crippen LogP contribution in [0, 0.1) is 11.8 Å². The van der Waals surface area contributed by atoms with Gasteiger partial charge < -0.3 is 40.3 Å². The van der Waals surface area contributed by atoms with Crippen LogP contribution in [0.3, 0.4) is 0 Å². The molecule has 20 heteroatoms. The van der Waals surface area contributed by atoms with Gasteiger partial charge in [-0.2, -0.15) is 0 Å². The third-order valence-corrected chi connectivity index (χ3v) is 9.66. The summed E-state index contributed by atoms with van der Waals surface area (Å²) in [7, 11) is -1.68. The van der Waals surface area contributed by atoms with E-state index in [9.17, 15) is 58.9 Å². The van der Waals surface area contributed by atoms with Crippen molar-refractivity contribution in [2.24, 2.45) is 11.8 Å². The largest absolute Gasteiger partial charge is 0.480 e. The fourth-order valence-corrected chi connectivity index (χ4v) is 6.61. The molecule has 2 rings (SSSR count). The molecule has 0 aliphatic carbocycles. The Morgan fingerprint density at radius 3 is 1.59 bits per heavy atom. The molecule has 2 amide bonds. The smallest absolute Gasteiger partial charge is 0.475 e. The Bertz CT molecular complexity index is 1240. The summed E-state index contributed by atoms with van der Waals surface area (Å²) in [5.74, 6) is -6.14. The van der Waals surface area contributed by atoms with Crippen molar-refractivity contribution in [3.05, 3.63) is 0 Å². The minimum Gasteiger partial charge on any atom is -0.480 e. The average molecular weight is 771 g/mol. The van der Waals surface area contributed by atoms with E-state index in [2.05, 4.69) is 5.32 Å². The number of nitrogens with zero attached hydrogens (tertiary/aromatic N) is 5. The zero-order valence-electron chi connectivity index (χ0n) is 31.8. The van der Waals surface area contributed by atoms with Gasteiger partial charge in [0.2, 0.25) is 11.8 Å². The Balaban J connectivity index is 1.86. The van der Waals surface area contributed by atoms with Crippen LogP contribution in [-0.2, 0) is 38.3 Å². The average Bonchev–Trinajstić information content (AvgIpc) is 3.57. The Labute approximate surface area is 316 Å². The standard InChI is InChI=1S/C34H59BN6O13/c1-24(2)28(33(50)36-25(3)34(51)41-8-4-7-29(41)35(52)53)18-27(43)23-54-17-5-6-26(42)19-37-9-11-38(20-30(44)45)13-15-40(22-32(48)49)16-14-39(12-10-37)21-31(46)47/h24-25,28-29,52-53H,4-23H2,1-3H3,(H,36,50)(H,44,45)(H,46,47)(H,48,49)/t25-,28+,29+/m1/s1. The second-order valence-corrected chi connectivity index (χ2v) is 14.5. The van der Waals surface area contributed by atoms with Crippen LogP contribution in [0.5, 0.6) is 0 Å². The highest BCUT2D eigenvalue weighted by atomic mass is 16.5. The van der Waals surface area contributed by atoms with E-state index in [0.29, 0.717) is 52.0 Å². The number of rotatable bonds is 21. The number of likely N-dealkylation sites (tertiary alicyclic amines) is 1. The predicted molar refractivity (Wildman–Crippen MR) is 194 cm³/mol. The zero-order valence-corrected chi connectivity index (χ0v) is 31.8. The summed E-state index contributed by atoms with van der Waals surface area (Å²) >= 11 is 0. The Morgan fingerprint density at radius 2 is 1.17 bits per heavy atom. The molecule has 0 spiro atoms. The molecule has 3 atom stereocenters. The molecule has 54 heavy (non-hydrogen) atoms. The zero-order chi connectivity index (χ0) is 40.4. The molecule has 2 fully saturated rings. The Kier molecular flexibility index (Phi) is 20.8. The topological polar surface area (TPSA) is 258 Å². The molecule has 0 unspecified atom stereocenters. The minimum absolute atomic E-state index is 0.0387. The molecule has 2 saturated heterocycles. The molecule has 306 valence electrons. The number of Topliss-reactive ketones (excluding diaryl/α,β-unsaturated/α-hetero) is 2. The van der Waals surface area contributed by atoms with Crippen LogP contribution in [0.15, 0.2) is 0 Å². The number of carboxylic acids is 3. The lowest BCUT2D eigenvalue weighted by Crippen LogP contribution is -2.53. The molecule has 2 aliphatic heterocycles. The van der Waals surface area contributed by atoms with Gasteiger partial charge in [-0.15, -0.1) is 0 Å². The predicted octanol–water partition coefficient (Wildman–Crippen LogP) is -2.43. The molecule has 0 aromatic carbocycles. The maximum absolute atomic E-state index is 13.1. The van der Waals surface area contributed by atoms with Gasteiger partial charge in [0.25, 0.3) is 0 Å². The summed E-state index contributed by atoms with van der Waals surface area (Å²) < 4.78 is 5.52. The second-order valence-electron chi connectivity index (χ2n) is 14.5. The fraction of sp³-hybridized carbons (Fsp3) is 0.794. The first-order valence-electron chi connectivity index (χ1n) is 18.6. The van der Waals surface area contributed by atoms with Crippen molar-refractivity contribution >= 4 is 48.4 Å². The first kappa shape index (κ1) is 46.6. The molecule has 0 bridgehead atoms. The molecule has 2 aliphatic rings. The second kappa shape index (κ2) is 24.1. The van der Waals surface area contributed by atoms with Crippen molar-refractivity contribution in [2.45, 2.75) is 64.9 Å². The van der Waals surface area contributed by atoms with Crippen LogP contribution >= 0.6 is 0 Å². The first-order chi connectivity index (χ1) is 25.5. The van der Waals surface area contributed by atoms with Crippen LogP contribution in [0.2, 0.25) is 0 Å². The number of nitrogens with one attached hydrogen (secondary N) is 1. The number of hydrogen-bond acceptors (Lipinski definition) is 14. The number of amides is 2. The van der Waals surface area contributed by atoms with Gasteiger partial charge >= 0.3 is 25.0 Å². The SMILES string of the molecule is CC(C)[C@H](CC(=O)COCCCC(=O)CN1CCN(CC(=O)O)CCN(CC(=O)O)CCN(CC(=O)O)CC1)C(=O)N[C@H](C)C(=O)N1CCC[C@H]1B(O)O. The van der Waals surface area contributed by atoms with E-state index >= 15 is 0 Å². The quantitative estimate of drug-likeness (QED) is 0.0524. The lowest BCUT2D eigenvalue weighted by Gasteiger charge is -2.32. The first-order valence-corrected chi connectivity index (χ1v) is 18.6. The van der Waals surface area contributed by atoms with Crippen molar-refractivity contribution < 1.29 is 63.7 Å². The van der Waals surface area contributed by atoms with Gasteiger partial charge in [-0.1, -0.05) is 13.8 Å². The van der Waals surface area contributed by atoms with Gasteiger partial charge in [-0.05, 0) is 32.1 Å². The van der Waals surface area contributed by atoms with Crippen LogP contribution < -0.4 is 5.32 Å². The molecule has 19 nitrogen and oxygen atoms in total. The maximum Gasteiger partial charge on any atom is 0.475 e. The van der Waals surface area contributed by atoms with Gasteiger partial charge in [-0.25, -0.2) is 0 Å². The van der Waals surface area contributed by atoms with Gasteiger partial charge in [0.05, 0.1) is 32.1 Å². The van der Waals surface area contributed by atoms with E-state index in [0.717, 1.165) is 0 Å². The number of hydrogen-bond donors (Lipinski definition) is 6. The number of carboxylic acid groups (broad SMARTS) is 3. The molecule has 0 radical (unpaired) electrons. The number of ketones is 2. The van der Waals surface area contributed by atoms with Crippen molar-refractivity contribution in [1.29, 1.82) is 0 Å². The highest BCUT2D eigenvalue weighted by Crippen LogP contribution is 2.20. The maximum atomic E-state index is 13.1. The van der Waals surface area contributed by atoms with Crippen molar-refractivity contribution in [2.75, 3.05) is 98.3 Å². The normalized spacial score (nSPS) is 19.7. The van der Waals surface area contributed by atoms with Crippen LogP contribution in [-0.4, -0.2) is 209 Å².